The molecule has 32 heavy (non-hydrogen) atoms. The molecule has 194 valence electrons. The smallest absolute Gasteiger partial charge is 0.331 e. The molecule has 0 aromatic carbocycles. The van der Waals surface area contributed by atoms with Crippen molar-refractivity contribution in [3.05, 3.63) is 0 Å². The van der Waals surface area contributed by atoms with Gasteiger partial charge in [-0.05, 0) is 57.4 Å². The molecule has 0 atom stereocenters. The van der Waals surface area contributed by atoms with Gasteiger partial charge >= 0.3 is 26.4 Å². The van der Waals surface area contributed by atoms with Gasteiger partial charge in [-0.1, -0.05) is 0 Å². The fraction of sp³-hybridized carbons (Fsp3) is 1.00. The van der Waals surface area contributed by atoms with Crippen LogP contribution in [0.15, 0.2) is 0 Å². The van der Waals surface area contributed by atoms with Crippen molar-refractivity contribution < 1.29 is 56.7 Å². The first kappa shape index (κ1) is 32.1. The molecule has 0 unspecified atom stereocenters. The Bertz CT molecular complexity index is 564. The molecule has 0 heterocycles. The Morgan fingerprint density at radius 3 is 0.875 bits per heavy atom. The topological polar surface area (TPSA) is 44.8 Å². The number of phosphoric acid groups is 1. The third-order valence-corrected chi connectivity index (χ3v) is 17.1. The largest absolute Gasteiger partial charge is 0.445 e. The molecule has 0 aliphatic heterocycles. The summed E-state index contributed by atoms with van der Waals surface area (Å²) in [5.41, 5.74) is 0. The monoisotopic (exact) mass is 560 g/mol. The third kappa shape index (κ3) is 16.7. The summed E-state index contributed by atoms with van der Waals surface area (Å²) in [6.07, 6.45) is -17.3. The second-order valence-corrected chi connectivity index (χ2v) is 24.5. The van der Waals surface area contributed by atoms with Crippen LogP contribution in [0.5, 0.6) is 0 Å². The van der Waals surface area contributed by atoms with Crippen molar-refractivity contribution in [1.29, 1.82) is 0 Å². The molecule has 0 aliphatic carbocycles. The summed E-state index contributed by atoms with van der Waals surface area (Å²) in [4.78, 5) is 0. The molecule has 0 bridgehead atoms. The first-order chi connectivity index (χ1) is 13.7. The molecular weight excluding hydrogens is 530 g/mol. The van der Waals surface area contributed by atoms with Gasteiger partial charge in [0.05, 0.1) is 0 Å². The van der Waals surface area contributed by atoms with Crippen molar-refractivity contribution in [1.82, 2.24) is 0 Å². The van der Waals surface area contributed by atoms with E-state index in [4.69, 9.17) is 12.6 Å². The molecular formula is C15H30F9O4PSi3. The highest BCUT2D eigenvalue weighted by Crippen LogP contribution is 2.58. The van der Waals surface area contributed by atoms with Gasteiger partial charge in [-0.3, -0.25) is 0 Å². The minimum absolute atomic E-state index is 0.539. The quantitative estimate of drug-likeness (QED) is 0.136. The first-order valence-corrected chi connectivity index (χ1v) is 20.5. The second kappa shape index (κ2) is 10.8. The summed E-state index contributed by atoms with van der Waals surface area (Å²) in [6, 6.07) is -1.62. The standard InChI is InChI=1S/C15H30F9O4PSi3/c1-30(2,10-7-13(16,17)18)26-29(25,27-31(3,4)11-8-14(19,20)21)28-32(5,6)12-9-15(22,23)24/h7-12H2,1-6H3. The predicted molar refractivity (Wildman–Crippen MR) is 110 cm³/mol. The zero-order valence-electron chi connectivity index (χ0n) is 18.7. The molecule has 17 heteroatoms. The van der Waals surface area contributed by atoms with E-state index in [1.165, 1.54) is 39.3 Å². The van der Waals surface area contributed by atoms with E-state index in [9.17, 15) is 44.1 Å². The fourth-order valence-corrected chi connectivity index (χ4v) is 14.9. The van der Waals surface area contributed by atoms with Gasteiger partial charge in [-0.15, -0.1) is 0 Å². The van der Waals surface area contributed by atoms with Crippen molar-refractivity contribution in [2.75, 3.05) is 0 Å². The molecule has 0 aromatic rings. The van der Waals surface area contributed by atoms with E-state index in [1.54, 1.807) is 0 Å². The molecule has 0 aromatic heterocycles. The highest BCUT2D eigenvalue weighted by molar-refractivity contribution is 7.53. The van der Waals surface area contributed by atoms with Crippen LogP contribution < -0.4 is 0 Å². The van der Waals surface area contributed by atoms with Gasteiger partial charge in [-0.25, -0.2) is 4.57 Å². The van der Waals surface area contributed by atoms with Crippen LogP contribution in [0.25, 0.3) is 0 Å². The van der Waals surface area contributed by atoms with Crippen LogP contribution in [0.2, 0.25) is 57.4 Å². The van der Waals surface area contributed by atoms with Crippen LogP contribution in [0.1, 0.15) is 19.3 Å². The average Bonchev–Trinajstić information content (AvgIpc) is 2.45. The number of hydrogen-bond acceptors (Lipinski definition) is 4. The van der Waals surface area contributed by atoms with E-state index in [0.717, 1.165) is 0 Å². The van der Waals surface area contributed by atoms with Gasteiger partial charge in [0, 0.05) is 19.3 Å². The molecule has 0 rings (SSSR count). The van der Waals surface area contributed by atoms with E-state index in [1.807, 2.05) is 0 Å². The van der Waals surface area contributed by atoms with Crippen LogP contribution >= 0.6 is 7.82 Å². The molecule has 0 N–H and O–H groups in total. The summed E-state index contributed by atoms with van der Waals surface area (Å²) >= 11 is 0. The number of halogens is 9. The SMILES string of the molecule is C[Si](C)(CCC(F)(F)F)OP(=O)(O[Si](C)(C)CCC(F)(F)F)O[Si](C)(C)CCC(F)(F)F. The maximum absolute atomic E-state index is 13.4. The van der Waals surface area contributed by atoms with Gasteiger partial charge in [-0.2, -0.15) is 39.5 Å². The van der Waals surface area contributed by atoms with E-state index in [-0.39, 0.29) is 0 Å². The van der Waals surface area contributed by atoms with E-state index in [2.05, 4.69) is 0 Å². The molecule has 0 saturated heterocycles. The van der Waals surface area contributed by atoms with Crippen molar-refractivity contribution in [2.45, 2.75) is 95.2 Å². The Labute approximate surface area is 185 Å². The predicted octanol–water partition coefficient (Wildman–Crippen LogP) is 8.62. The highest BCUT2D eigenvalue weighted by atomic mass is 31.2. The van der Waals surface area contributed by atoms with E-state index >= 15 is 0 Å². The summed E-state index contributed by atoms with van der Waals surface area (Å²) in [5.74, 6) is 0. The maximum Gasteiger partial charge on any atom is 0.445 e. The van der Waals surface area contributed by atoms with Crippen LogP contribution in [0.4, 0.5) is 39.5 Å². The summed E-state index contributed by atoms with van der Waals surface area (Å²) in [5, 5.41) is 0. The third-order valence-electron chi connectivity index (χ3n) is 4.11. The van der Waals surface area contributed by atoms with Crippen LogP contribution in [-0.4, -0.2) is 43.5 Å². The molecule has 4 nitrogen and oxygen atoms in total. The number of hydrogen-bond donors (Lipinski definition) is 0. The van der Waals surface area contributed by atoms with Gasteiger partial charge in [0.1, 0.15) is 0 Å². The minimum Gasteiger partial charge on any atom is -0.331 e. The zero-order valence-corrected chi connectivity index (χ0v) is 22.6. The lowest BCUT2D eigenvalue weighted by Crippen LogP contribution is -2.39. The van der Waals surface area contributed by atoms with Gasteiger partial charge < -0.3 is 12.6 Å². The maximum atomic E-state index is 13.4. The Morgan fingerprint density at radius 2 is 0.719 bits per heavy atom. The fourth-order valence-electron chi connectivity index (χ4n) is 2.43. The normalized spacial score (nSPS) is 15.3. The molecule has 0 saturated carbocycles. The molecule has 0 aliphatic rings. The highest BCUT2D eigenvalue weighted by Gasteiger charge is 2.48. The van der Waals surface area contributed by atoms with Crippen LogP contribution in [-0.2, 0) is 17.2 Å². The van der Waals surface area contributed by atoms with E-state index in [0.29, 0.717) is 0 Å². The molecule has 0 radical (unpaired) electrons. The summed E-state index contributed by atoms with van der Waals surface area (Å²) in [6.45, 7) is 7.79. The number of alkyl halides is 9. The second-order valence-electron chi connectivity index (χ2n) is 9.35. The van der Waals surface area contributed by atoms with Crippen LogP contribution in [0, 0.1) is 0 Å². The Kier molecular flexibility index (Phi) is 10.9. The molecule has 0 spiro atoms. The summed E-state index contributed by atoms with van der Waals surface area (Å²) < 4.78 is 143. The summed E-state index contributed by atoms with van der Waals surface area (Å²) in [7, 11) is -14.9. The zero-order chi connectivity index (χ0) is 25.9. The van der Waals surface area contributed by atoms with Gasteiger partial charge in [0.25, 0.3) is 0 Å². The lowest BCUT2D eigenvalue weighted by molar-refractivity contribution is -0.131. The first-order valence-electron chi connectivity index (χ1n) is 9.66. The van der Waals surface area contributed by atoms with Crippen molar-refractivity contribution in [3.63, 3.8) is 0 Å². The van der Waals surface area contributed by atoms with Crippen molar-refractivity contribution in [3.8, 4) is 0 Å². The molecule has 0 amide bonds. The van der Waals surface area contributed by atoms with Crippen molar-refractivity contribution in [2.24, 2.45) is 0 Å². The van der Waals surface area contributed by atoms with Crippen molar-refractivity contribution >= 4 is 32.8 Å². The minimum atomic E-state index is -4.75. The van der Waals surface area contributed by atoms with E-state index < -0.39 is 88.7 Å². The van der Waals surface area contributed by atoms with Gasteiger partial charge in [0.15, 0.2) is 0 Å². The lowest BCUT2D eigenvalue weighted by Gasteiger charge is -2.37. The molecule has 0 fully saturated rings. The Hall–Kier alpha value is 0.131. The Morgan fingerprint density at radius 1 is 0.531 bits per heavy atom. The Balaban J connectivity index is 5.72. The average molecular weight is 561 g/mol. The number of rotatable bonds is 12. The van der Waals surface area contributed by atoms with Gasteiger partial charge in [0.2, 0.25) is 25.0 Å². The van der Waals surface area contributed by atoms with Crippen LogP contribution in [0.3, 0.4) is 0 Å². The lowest BCUT2D eigenvalue weighted by atomic mass is 10.5.